The molecular weight excluding hydrogens is 420 g/mol. The van der Waals surface area contributed by atoms with E-state index in [4.69, 9.17) is 15.2 Å². The average Bonchev–Trinajstić information content (AvgIpc) is 3.09. The van der Waals surface area contributed by atoms with E-state index in [9.17, 15) is 18.4 Å². The van der Waals surface area contributed by atoms with Crippen molar-refractivity contribution in [2.45, 2.75) is 51.7 Å². The Kier molecular flexibility index (Phi) is 6.24. The second-order valence-electron chi connectivity index (χ2n) is 9.10. The van der Waals surface area contributed by atoms with Gasteiger partial charge in [0.15, 0.2) is 11.6 Å². The van der Waals surface area contributed by atoms with E-state index in [0.717, 1.165) is 6.07 Å². The number of aromatic nitrogens is 1. The van der Waals surface area contributed by atoms with Crippen LogP contribution >= 0.6 is 0 Å². The van der Waals surface area contributed by atoms with Crippen LogP contribution in [0, 0.1) is 17.0 Å². The van der Waals surface area contributed by atoms with Crippen LogP contribution in [0.5, 0.6) is 5.75 Å². The van der Waals surface area contributed by atoms with Crippen LogP contribution in [0.1, 0.15) is 56.1 Å². The van der Waals surface area contributed by atoms with Crippen LogP contribution in [0.4, 0.5) is 14.5 Å². The highest BCUT2D eigenvalue weighted by Crippen LogP contribution is 2.51. The Hall–Kier alpha value is -3.07. The molecule has 2 heterocycles. The third-order valence-corrected chi connectivity index (χ3v) is 6.17. The number of methoxy groups -OCH3 is 1. The van der Waals surface area contributed by atoms with E-state index in [1.165, 1.54) is 31.5 Å². The smallest absolute Gasteiger partial charge is 0.267 e. The fourth-order valence-corrected chi connectivity index (χ4v) is 3.83. The van der Waals surface area contributed by atoms with E-state index in [0.29, 0.717) is 17.7 Å². The predicted molar refractivity (Wildman–Crippen MR) is 114 cm³/mol. The highest BCUT2D eigenvalue weighted by molar-refractivity contribution is 5.97. The van der Waals surface area contributed by atoms with Crippen LogP contribution < -0.4 is 15.8 Å². The number of halogens is 2. The molecule has 1 fully saturated rings. The van der Waals surface area contributed by atoms with Crippen LogP contribution in [-0.4, -0.2) is 35.6 Å². The number of pyridine rings is 1. The van der Waals surface area contributed by atoms with Gasteiger partial charge in [-0.1, -0.05) is 26.8 Å². The molecule has 1 aromatic carbocycles. The Morgan fingerprint density at radius 2 is 1.97 bits per heavy atom. The summed E-state index contributed by atoms with van der Waals surface area (Å²) in [6.07, 6.45) is 0.697. The number of hydrogen-bond donors (Lipinski definition) is 2. The largest absolute Gasteiger partial charge is 0.493 e. The summed E-state index contributed by atoms with van der Waals surface area (Å²) >= 11 is 0. The van der Waals surface area contributed by atoms with Gasteiger partial charge in [0.1, 0.15) is 11.8 Å². The van der Waals surface area contributed by atoms with Crippen molar-refractivity contribution < 1.29 is 27.8 Å². The van der Waals surface area contributed by atoms with Crippen molar-refractivity contribution in [1.82, 2.24) is 4.98 Å². The van der Waals surface area contributed by atoms with Gasteiger partial charge < -0.3 is 20.5 Å². The first-order valence-electron chi connectivity index (χ1n) is 10.1. The third-order valence-electron chi connectivity index (χ3n) is 6.17. The maximum atomic E-state index is 14.4. The van der Waals surface area contributed by atoms with Crippen LogP contribution in [-0.2, 0) is 9.53 Å². The predicted octanol–water partition coefficient (Wildman–Crippen LogP) is 3.78. The molecule has 3 N–H and O–H groups in total. The number of nitrogens with one attached hydrogen (secondary N) is 1. The number of nitrogens with two attached hydrogens (primary N) is 1. The number of carbonyl (C=O) groups excluding carboxylic acids is 2. The lowest BCUT2D eigenvalue weighted by Crippen LogP contribution is -2.41. The van der Waals surface area contributed by atoms with Gasteiger partial charge in [-0.2, -0.15) is 4.39 Å². The molecule has 1 saturated heterocycles. The zero-order valence-corrected chi connectivity index (χ0v) is 18.7. The molecule has 0 saturated carbocycles. The Morgan fingerprint density at radius 3 is 2.56 bits per heavy atom. The van der Waals surface area contributed by atoms with Gasteiger partial charge in [-0.3, -0.25) is 14.6 Å². The molecule has 0 aliphatic carbocycles. The lowest BCUT2D eigenvalue weighted by molar-refractivity contribution is -0.140. The first kappa shape index (κ1) is 23.6. The summed E-state index contributed by atoms with van der Waals surface area (Å²) < 4.78 is 39.7. The number of hydrogen-bond acceptors (Lipinski definition) is 5. The molecule has 172 valence electrons. The number of benzene rings is 1. The summed E-state index contributed by atoms with van der Waals surface area (Å²) in [5, 5.41) is 2.71. The standard InChI is InChI=1S/C23H27F2N3O4/c1-22(2,3)23(4)11-14(13-6-7-15(24)17(25)18(13)31-5)19(32-23)21(30)28-12-8-9-27-16(10-12)20(26)29/h6-10,14,19H,11H2,1-5H3,(H2,26,29)(H,27,28,30)/t14-,19+,23-/m1/s1. The van der Waals surface area contributed by atoms with Crippen molar-refractivity contribution in [3.05, 3.63) is 53.4 Å². The number of nitrogens with zero attached hydrogens (tertiary/aromatic N) is 1. The molecule has 1 aliphatic heterocycles. The average molecular weight is 447 g/mol. The van der Waals surface area contributed by atoms with E-state index in [2.05, 4.69) is 10.3 Å². The molecule has 1 aromatic heterocycles. The van der Waals surface area contributed by atoms with Crippen LogP contribution in [0.3, 0.4) is 0 Å². The fourth-order valence-electron chi connectivity index (χ4n) is 3.83. The van der Waals surface area contributed by atoms with Crippen molar-refractivity contribution in [2.24, 2.45) is 11.1 Å². The van der Waals surface area contributed by atoms with Gasteiger partial charge in [-0.05, 0) is 37.0 Å². The van der Waals surface area contributed by atoms with Crippen molar-refractivity contribution >= 4 is 17.5 Å². The normalized spacial score (nSPS) is 23.1. The highest BCUT2D eigenvalue weighted by Gasteiger charge is 2.53. The molecule has 2 amide bonds. The van der Waals surface area contributed by atoms with E-state index in [1.807, 2.05) is 27.7 Å². The molecule has 9 heteroatoms. The quantitative estimate of drug-likeness (QED) is 0.726. The van der Waals surface area contributed by atoms with Gasteiger partial charge in [-0.25, -0.2) is 4.39 Å². The SMILES string of the molecule is COc1c([C@H]2C[C@](C)(C(C)(C)C)O[C@@H]2C(=O)Nc2ccnc(C(N)=O)c2)ccc(F)c1F. The van der Waals surface area contributed by atoms with Gasteiger partial charge in [0.05, 0.1) is 12.7 Å². The topological polar surface area (TPSA) is 104 Å². The Bertz CT molecular complexity index is 1050. The molecule has 0 unspecified atom stereocenters. The summed E-state index contributed by atoms with van der Waals surface area (Å²) in [6, 6.07) is 5.29. The fraction of sp³-hybridized carbons (Fsp3) is 0.435. The molecule has 2 aromatic rings. The molecule has 0 spiro atoms. The van der Waals surface area contributed by atoms with Gasteiger partial charge in [0.25, 0.3) is 11.8 Å². The summed E-state index contributed by atoms with van der Waals surface area (Å²) in [5.41, 5.74) is 4.80. The monoisotopic (exact) mass is 447 g/mol. The highest BCUT2D eigenvalue weighted by atomic mass is 19.2. The van der Waals surface area contributed by atoms with Crippen molar-refractivity contribution in [1.29, 1.82) is 0 Å². The lowest BCUT2D eigenvalue weighted by atomic mass is 9.73. The molecule has 0 bridgehead atoms. The Morgan fingerprint density at radius 1 is 1.28 bits per heavy atom. The number of rotatable bonds is 5. The van der Waals surface area contributed by atoms with Crippen LogP contribution in [0.25, 0.3) is 0 Å². The number of amides is 2. The molecule has 32 heavy (non-hydrogen) atoms. The van der Waals surface area contributed by atoms with Crippen molar-refractivity contribution in [3.63, 3.8) is 0 Å². The van der Waals surface area contributed by atoms with E-state index in [1.54, 1.807) is 0 Å². The maximum absolute atomic E-state index is 14.4. The second-order valence-corrected chi connectivity index (χ2v) is 9.10. The summed E-state index contributed by atoms with van der Waals surface area (Å²) in [6.45, 7) is 7.83. The first-order chi connectivity index (χ1) is 14.9. The van der Waals surface area contributed by atoms with Crippen molar-refractivity contribution in [2.75, 3.05) is 12.4 Å². The zero-order chi connectivity index (χ0) is 23.8. The second kappa shape index (κ2) is 8.46. The number of ether oxygens (including phenoxy) is 2. The Balaban J connectivity index is 2.01. The molecule has 3 atom stereocenters. The zero-order valence-electron chi connectivity index (χ0n) is 18.7. The van der Waals surface area contributed by atoms with E-state index in [-0.39, 0.29) is 16.9 Å². The summed E-state index contributed by atoms with van der Waals surface area (Å²) in [5.74, 6) is -4.26. The van der Waals surface area contributed by atoms with Gasteiger partial charge in [0.2, 0.25) is 5.82 Å². The summed E-state index contributed by atoms with van der Waals surface area (Å²) in [4.78, 5) is 28.5. The van der Waals surface area contributed by atoms with Gasteiger partial charge in [-0.15, -0.1) is 0 Å². The Labute approximate surface area is 185 Å². The third kappa shape index (κ3) is 4.29. The van der Waals surface area contributed by atoms with Crippen LogP contribution in [0.2, 0.25) is 0 Å². The van der Waals surface area contributed by atoms with E-state index < -0.39 is 41.1 Å². The summed E-state index contributed by atoms with van der Waals surface area (Å²) in [7, 11) is 1.25. The minimum Gasteiger partial charge on any atom is -0.493 e. The van der Waals surface area contributed by atoms with Crippen LogP contribution in [0.15, 0.2) is 30.5 Å². The van der Waals surface area contributed by atoms with Gasteiger partial charge in [0, 0.05) is 23.4 Å². The van der Waals surface area contributed by atoms with Crippen molar-refractivity contribution in [3.8, 4) is 5.75 Å². The molecule has 3 rings (SSSR count). The number of anilines is 1. The van der Waals surface area contributed by atoms with Gasteiger partial charge >= 0.3 is 0 Å². The molecule has 1 aliphatic rings. The number of carbonyl (C=O) groups is 2. The first-order valence-corrected chi connectivity index (χ1v) is 10.1. The molecule has 0 radical (unpaired) electrons. The van der Waals surface area contributed by atoms with E-state index >= 15 is 0 Å². The molecular formula is C23H27F2N3O4. The molecule has 7 nitrogen and oxygen atoms in total. The minimum atomic E-state index is -1.12. The maximum Gasteiger partial charge on any atom is 0.267 e. The number of primary amides is 1. The lowest BCUT2D eigenvalue weighted by Gasteiger charge is -2.38. The minimum absolute atomic E-state index is 0.00602.